The number of urea groups is 1. The van der Waals surface area contributed by atoms with Gasteiger partial charge in [0.25, 0.3) is 5.91 Å². The standard InChI is InChI=1S/C28H38N6O4Si/c1-5-21(24(35)25(36)29-16-20-11-12-23-22(13-20)31-17-34(23)4)32-26(37)28(39,14-18(2)3)33-27(38)30-15-19-9-7-6-8-10-19/h6-13,17-18,21H,5,14-16H2,1-4,39H3,(H,29,36)(H,32,37)(H2,30,33,38)/t21?,28-/m0/s1. The monoisotopic (exact) mass is 550 g/mol. The molecule has 2 aromatic carbocycles. The Kier molecular flexibility index (Phi) is 9.99. The van der Waals surface area contributed by atoms with E-state index in [0.29, 0.717) is 23.2 Å². The summed E-state index contributed by atoms with van der Waals surface area (Å²) in [6.45, 7) is 6.12. The van der Waals surface area contributed by atoms with Crippen molar-refractivity contribution < 1.29 is 19.2 Å². The third kappa shape index (κ3) is 8.00. The summed E-state index contributed by atoms with van der Waals surface area (Å²) in [6.07, 6.45) is 2.34. The van der Waals surface area contributed by atoms with Gasteiger partial charge in [-0.3, -0.25) is 14.4 Å². The van der Waals surface area contributed by atoms with Crippen molar-refractivity contribution in [3.8, 4) is 0 Å². The highest BCUT2D eigenvalue weighted by Crippen LogP contribution is 2.16. The Morgan fingerprint density at radius 2 is 1.69 bits per heavy atom. The van der Waals surface area contributed by atoms with Crippen LogP contribution in [0.25, 0.3) is 11.0 Å². The number of carbonyl (C=O) groups is 4. The number of Topliss-reactive ketones (excluding diaryl/α,β-unsaturated/α-hetero) is 1. The molecule has 0 spiro atoms. The summed E-state index contributed by atoms with van der Waals surface area (Å²) in [6, 6.07) is 13.6. The molecule has 1 aromatic heterocycles. The molecule has 0 aliphatic carbocycles. The minimum Gasteiger partial charge on any atom is -0.345 e. The number of hydrogen-bond donors (Lipinski definition) is 4. The van der Waals surface area contributed by atoms with Gasteiger partial charge in [0.1, 0.15) is 0 Å². The van der Waals surface area contributed by atoms with Crippen LogP contribution in [-0.4, -0.2) is 54.6 Å². The third-order valence-electron chi connectivity index (χ3n) is 6.50. The van der Waals surface area contributed by atoms with Crippen LogP contribution in [0.15, 0.2) is 54.9 Å². The molecule has 0 aliphatic rings. The summed E-state index contributed by atoms with van der Waals surface area (Å²) >= 11 is 0. The molecule has 4 N–H and O–H groups in total. The van der Waals surface area contributed by atoms with Gasteiger partial charge in [-0.15, -0.1) is 0 Å². The Hall–Kier alpha value is -3.99. The molecule has 3 aromatic rings. The Balaban J connectivity index is 1.60. The molecule has 1 unspecified atom stereocenters. The van der Waals surface area contributed by atoms with Crippen molar-refractivity contribution in [2.24, 2.45) is 13.0 Å². The van der Waals surface area contributed by atoms with Gasteiger partial charge in [-0.25, -0.2) is 9.78 Å². The van der Waals surface area contributed by atoms with E-state index in [9.17, 15) is 19.2 Å². The van der Waals surface area contributed by atoms with Crippen molar-refractivity contribution in [2.75, 3.05) is 0 Å². The second kappa shape index (κ2) is 13.2. The Morgan fingerprint density at radius 1 is 1.00 bits per heavy atom. The lowest BCUT2D eigenvalue weighted by molar-refractivity contribution is -0.140. The second-order valence-electron chi connectivity index (χ2n) is 10.4. The lowest BCUT2D eigenvalue weighted by atomic mass is 10.0. The van der Waals surface area contributed by atoms with E-state index >= 15 is 0 Å². The molecule has 3 rings (SSSR count). The lowest BCUT2D eigenvalue weighted by Gasteiger charge is -2.33. The second-order valence-corrected chi connectivity index (χ2v) is 12.1. The molecule has 0 radical (unpaired) electrons. The van der Waals surface area contributed by atoms with Crippen LogP contribution in [0.3, 0.4) is 0 Å². The highest BCUT2D eigenvalue weighted by Gasteiger charge is 2.38. The highest BCUT2D eigenvalue weighted by molar-refractivity contribution is 6.39. The van der Waals surface area contributed by atoms with Crippen LogP contribution in [0.4, 0.5) is 4.79 Å². The van der Waals surface area contributed by atoms with Crippen molar-refractivity contribution in [1.82, 2.24) is 30.8 Å². The van der Waals surface area contributed by atoms with Crippen molar-refractivity contribution in [1.29, 1.82) is 0 Å². The first-order valence-corrected chi connectivity index (χ1v) is 14.1. The van der Waals surface area contributed by atoms with Gasteiger partial charge in [0.05, 0.1) is 28.6 Å². The van der Waals surface area contributed by atoms with E-state index in [0.717, 1.165) is 22.2 Å². The van der Waals surface area contributed by atoms with Gasteiger partial charge in [-0.05, 0) is 42.0 Å². The molecule has 0 fully saturated rings. The summed E-state index contributed by atoms with van der Waals surface area (Å²) in [5, 5.41) is 9.85. The maximum atomic E-state index is 13.4. The number of carbonyl (C=O) groups excluding carboxylic acids is 4. The number of amides is 4. The van der Waals surface area contributed by atoms with E-state index in [1.807, 2.05) is 74.0 Å². The van der Waals surface area contributed by atoms with Gasteiger partial charge in [0.2, 0.25) is 11.7 Å². The molecule has 2 atom stereocenters. The number of hydrogen-bond acceptors (Lipinski definition) is 5. The van der Waals surface area contributed by atoms with E-state index in [2.05, 4.69) is 26.3 Å². The quantitative estimate of drug-likeness (QED) is 0.199. The fourth-order valence-corrected chi connectivity index (χ4v) is 5.67. The van der Waals surface area contributed by atoms with Crippen LogP contribution in [0.2, 0.25) is 0 Å². The van der Waals surface area contributed by atoms with E-state index in [1.165, 1.54) is 0 Å². The Morgan fingerprint density at radius 3 is 2.36 bits per heavy atom. The minimum atomic E-state index is -1.16. The molecule has 10 nitrogen and oxygen atoms in total. The van der Waals surface area contributed by atoms with E-state index in [-0.39, 0.29) is 18.9 Å². The lowest BCUT2D eigenvalue weighted by Crippen LogP contribution is -2.64. The topological polar surface area (TPSA) is 134 Å². The fourth-order valence-electron chi connectivity index (χ4n) is 4.48. The first-order valence-electron chi connectivity index (χ1n) is 13.1. The SMILES string of the molecule is CCC(NC(=O)[C@@]([SiH3])(CC(C)C)NC(=O)NCc1ccccc1)C(=O)C(=O)NCc1ccc2c(c1)ncn2C. The number of aromatic nitrogens is 2. The highest BCUT2D eigenvalue weighted by atomic mass is 28.1. The number of ketones is 1. The maximum absolute atomic E-state index is 13.4. The number of rotatable bonds is 12. The summed E-state index contributed by atoms with van der Waals surface area (Å²) in [5.74, 6) is -1.86. The van der Waals surface area contributed by atoms with Crippen molar-refractivity contribution in [3.63, 3.8) is 0 Å². The van der Waals surface area contributed by atoms with Gasteiger partial charge in [0, 0.05) is 30.4 Å². The van der Waals surface area contributed by atoms with Gasteiger partial charge in [-0.1, -0.05) is 57.2 Å². The average Bonchev–Trinajstić information content (AvgIpc) is 3.28. The Labute approximate surface area is 231 Å². The molecule has 4 amide bonds. The van der Waals surface area contributed by atoms with Crippen LogP contribution < -0.4 is 21.3 Å². The first-order chi connectivity index (χ1) is 18.5. The van der Waals surface area contributed by atoms with E-state index in [4.69, 9.17) is 0 Å². The van der Waals surface area contributed by atoms with Gasteiger partial charge in [-0.2, -0.15) is 0 Å². The summed E-state index contributed by atoms with van der Waals surface area (Å²) < 4.78 is 1.90. The average molecular weight is 551 g/mol. The molecule has 208 valence electrons. The number of fused-ring (bicyclic) bond motifs is 1. The third-order valence-corrected chi connectivity index (χ3v) is 7.61. The molecular weight excluding hydrogens is 512 g/mol. The number of nitrogens with one attached hydrogen (secondary N) is 4. The van der Waals surface area contributed by atoms with Crippen LogP contribution >= 0.6 is 0 Å². The summed E-state index contributed by atoms with van der Waals surface area (Å²) in [5.41, 5.74) is 3.50. The van der Waals surface area contributed by atoms with Crippen LogP contribution in [0, 0.1) is 5.92 Å². The predicted molar refractivity (Wildman–Crippen MR) is 154 cm³/mol. The first kappa shape index (κ1) is 29.6. The number of nitrogens with zero attached hydrogens (tertiary/aromatic N) is 2. The molecule has 0 aliphatic heterocycles. The van der Waals surface area contributed by atoms with Crippen LogP contribution in [-0.2, 0) is 34.5 Å². The van der Waals surface area contributed by atoms with E-state index < -0.39 is 34.8 Å². The zero-order chi connectivity index (χ0) is 28.6. The molecule has 39 heavy (non-hydrogen) atoms. The Bertz CT molecular complexity index is 1330. The normalized spacial score (nSPS) is 13.5. The van der Waals surface area contributed by atoms with E-state index in [1.54, 1.807) is 13.3 Å². The minimum absolute atomic E-state index is 0.109. The van der Waals surface area contributed by atoms with Crippen molar-refractivity contribution >= 4 is 44.9 Å². The number of imidazole rings is 1. The number of benzene rings is 2. The number of aryl methyl sites for hydroxylation is 1. The molecule has 0 bridgehead atoms. The molecule has 1 heterocycles. The molecule has 0 saturated heterocycles. The predicted octanol–water partition coefficient (Wildman–Crippen LogP) is 1.26. The smallest absolute Gasteiger partial charge is 0.315 e. The van der Waals surface area contributed by atoms with Crippen LogP contribution in [0.5, 0.6) is 0 Å². The molecular formula is C28H38N6O4Si. The maximum Gasteiger partial charge on any atom is 0.315 e. The van der Waals surface area contributed by atoms with Gasteiger partial charge in [0.15, 0.2) is 0 Å². The van der Waals surface area contributed by atoms with Crippen molar-refractivity contribution in [3.05, 3.63) is 66.0 Å². The van der Waals surface area contributed by atoms with Gasteiger partial charge < -0.3 is 25.8 Å². The zero-order valence-corrected chi connectivity index (χ0v) is 25.2. The van der Waals surface area contributed by atoms with Gasteiger partial charge >= 0.3 is 6.03 Å². The van der Waals surface area contributed by atoms with Crippen LogP contribution in [0.1, 0.15) is 44.7 Å². The summed E-state index contributed by atoms with van der Waals surface area (Å²) in [4.78, 5) is 56.0. The molecule has 11 heteroatoms. The molecule has 0 saturated carbocycles. The zero-order valence-electron chi connectivity index (χ0n) is 23.2. The van der Waals surface area contributed by atoms with Crippen molar-refractivity contribution in [2.45, 2.75) is 57.9 Å². The largest absolute Gasteiger partial charge is 0.345 e. The fraction of sp³-hybridized carbons (Fsp3) is 0.393. The summed E-state index contributed by atoms with van der Waals surface area (Å²) in [7, 11) is 2.20.